The summed E-state index contributed by atoms with van der Waals surface area (Å²) in [6.45, 7) is 2.08. The SMILES string of the molecule is Cc1cccc(-c2ccc(Nc3nnc(-c4cccc([N+](=O)[O-])c4)s3)cc2)c1. The van der Waals surface area contributed by atoms with E-state index in [2.05, 4.69) is 52.8 Å². The summed E-state index contributed by atoms with van der Waals surface area (Å²) in [5.41, 5.74) is 5.16. The molecule has 1 N–H and O–H groups in total. The van der Waals surface area contributed by atoms with Crippen LogP contribution in [0.5, 0.6) is 0 Å². The average Bonchev–Trinajstić information content (AvgIpc) is 3.17. The summed E-state index contributed by atoms with van der Waals surface area (Å²) in [5, 5.41) is 23.7. The van der Waals surface area contributed by atoms with E-state index < -0.39 is 4.92 Å². The number of aryl methyl sites for hydroxylation is 1. The fourth-order valence-electron chi connectivity index (χ4n) is 2.84. The summed E-state index contributed by atoms with van der Waals surface area (Å²) < 4.78 is 0. The Morgan fingerprint density at radius 1 is 0.893 bits per heavy atom. The standard InChI is InChI=1S/C21H16N4O2S/c1-14-4-2-5-16(12-14)15-8-10-18(11-9-15)22-21-24-23-20(28-21)17-6-3-7-19(13-17)25(26)27/h2-13H,1H3,(H,22,24). The number of nitrogens with zero attached hydrogens (tertiary/aromatic N) is 3. The zero-order valence-corrected chi connectivity index (χ0v) is 15.8. The van der Waals surface area contributed by atoms with Gasteiger partial charge in [0.2, 0.25) is 5.13 Å². The number of non-ortho nitro benzene ring substituents is 1. The monoisotopic (exact) mass is 388 g/mol. The summed E-state index contributed by atoms with van der Waals surface area (Å²) in [4.78, 5) is 10.5. The van der Waals surface area contributed by atoms with Gasteiger partial charge in [0.1, 0.15) is 5.01 Å². The number of hydrogen-bond donors (Lipinski definition) is 1. The van der Waals surface area contributed by atoms with Crippen LogP contribution in [-0.2, 0) is 0 Å². The molecule has 0 aliphatic heterocycles. The highest BCUT2D eigenvalue weighted by Gasteiger charge is 2.11. The van der Waals surface area contributed by atoms with E-state index in [4.69, 9.17) is 0 Å². The molecule has 0 spiro atoms. The van der Waals surface area contributed by atoms with Crippen LogP contribution in [-0.4, -0.2) is 15.1 Å². The Balaban J connectivity index is 1.51. The van der Waals surface area contributed by atoms with Gasteiger partial charge in [-0.15, -0.1) is 10.2 Å². The number of nitro benzene ring substituents is 1. The summed E-state index contributed by atoms with van der Waals surface area (Å²) in [6.07, 6.45) is 0. The lowest BCUT2D eigenvalue weighted by molar-refractivity contribution is -0.384. The second kappa shape index (κ2) is 7.58. The molecular formula is C21H16N4O2S. The Hall–Kier alpha value is -3.58. The lowest BCUT2D eigenvalue weighted by Crippen LogP contribution is -1.89. The lowest BCUT2D eigenvalue weighted by atomic mass is 10.0. The second-order valence-corrected chi connectivity index (χ2v) is 7.27. The van der Waals surface area contributed by atoms with Crippen molar-refractivity contribution < 1.29 is 4.92 Å². The van der Waals surface area contributed by atoms with Gasteiger partial charge in [0.05, 0.1) is 4.92 Å². The maximum absolute atomic E-state index is 10.9. The molecule has 0 bridgehead atoms. The predicted molar refractivity (Wildman–Crippen MR) is 112 cm³/mol. The van der Waals surface area contributed by atoms with Gasteiger partial charge in [0, 0.05) is 23.4 Å². The van der Waals surface area contributed by atoms with Crippen molar-refractivity contribution in [1.82, 2.24) is 10.2 Å². The largest absolute Gasteiger partial charge is 0.330 e. The minimum atomic E-state index is -0.417. The Labute approximate surface area is 165 Å². The average molecular weight is 388 g/mol. The normalized spacial score (nSPS) is 10.6. The van der Waals surface area contributed by atoms with Crippen molar-refractivity contribution in [2.75, 3.05) is 5.32 Å². The number of rotatable bonds is 5. The highest BCUT2D eigenvalue weighted by molar-refractivity contribution is 7.18. The number of aromatic nitrogens is 2. The third-order valence-electron chi connectivity index (χ3n) is 4.22. The molecule has 0 saturated heterocycles. The number of anilines is 2. The molecule has 1 aromatic heterocycles. The molecule has 4 aromatic rings. The van der Waals surface area contributed by atoms with Crippen molar-refractivity contribution >= 4 is 27.8 Å². The second-order valence-electron chi connectivity index (χ2n) is 6.29. The van der Waals surface area contributed by atoms with Crippen molar-refractivity contribution in [3.63, 3.8) is 0 Å². The Morgan fingerprint density at radius 2 is 1.64 bits per heavy atom. The number of hydrogen-bond acceptors (Lipinski definition) is 6. The van der Waals surface area contributed by atoms with Crippen molar-refractivity contribution in [2.45, 2.75) is 6.92 Å². The maximum Gasteiger partial charge on any atom is 0.270 e. The highest BCUT2D eigenvalue weighted by atomic mass is 32.1. The van der Waals surface area contributed by atoms with Gasteiger partial charge in [0.15, 0.2) is 0 Å². The van der Waals surface area contributed by atoms with Crippen molar-refractivity contribution in [3.05, 3.63) is 88.5 Å². The molecule has 1 heterocycles. The van der Waals surface area contributed by atoms with Gasteiger partial charge in [-0.3, -0.25) is 10.1 Å². The molecule has 0 unspecified atom stereocenters. The quantitative estimate of drug-likeness (QED) is 0.343. The molecular weight excluding hydrogens is 372 g/mol. The highest BCUT2D eigenvalue weighted by Crippen LogP contribution is 2.31. The topological polar surface area (TPSA) is 81.0 Å². The molecule has 138 valence electrons. The van der Waals surface area contributed by atoms with Crippen LogP contribution in [0.2, 0.25) is 0 Å². The molecule has 0 aliphatic rings. The van der Waals surface area contributed by atoms with Crippen molar-refractivity contribution in [3.8, 4) is 21.7 Å². The smallest absolute Gasteiger partial charge is 0.270 e. The van der Waals surface area contributed by atoms with E-state index >= 15 is 0 Å². The molecule has 0 amide bonds. The molecule has 0 atom stereocenters. The summed E-state index contributed by atoms with van der Waals surface area (Å²) in [7, 11) is 0. The van der Waals surface area contributed by atoms with Gasteiger partial charge in [-0.1, -0.05) is 65.4 Å². The van der Waals surface area contributed by atoms with Crippen LogP contribution in [0.15, 0.2) is 72.8 Å². The third kappa shape index (κ3) is 3.89. The fourth-order valence-corrected chi connectivity index (χ4v) is 3.60. The molecule has 28 heavy (non-hydrogen) atoms. The maximum atomic E-state index is 10.9. The first-order valence-corrected chi connectivity index (χ1v) is 9.42. The Morgan fingerprint density at radius 3 is 2.39 bits per heavy atom. The summed E-state index contributed by atoms with van der Waals surface area (Å²) in [6, 6.07) is 22.9. The van der Waals surface area contributed by atoms with Crippen LogP contribution in [0.3, 0.4) is 0 Å². The van der Waals surface area contributed by atoms with Crippen LogP contribution in [0.1, 0.15) is 5.56 Å². The van der Waals surface area contributed by atoms with E-state index in [0.717, 1.165) is 11.3 Å². The third-order valence-corrected chi connectivity index (χ3v) is 5.10. The number of nitro groups is 1. The van der Waals surface area contributed by atoms with Crippen LogP contribution in [0.25, 0.3) is 21.7 Å². The van der Waals surface area contributed by atoms with Crippen molar-refractivity contribution in [1.29, 1.82) is 0 Å². The van der Waals surface area contributed by atoms with Gasteiger partial charge in [-0.2, -0.15) is 0 Å². The van der Waals surface area contributed by atoms with E-state index in [1.165, 1.54) is 34.6 Å². The minimum absolute atomic E-state index is 0.0361. The zero-order valence-electron chi connectivity index (χ0n) is 15.0. The van der Waals surface area contributed by atoms with Gasteiger partial charge >= 0.3 is 0 Å². The molecule has 4 rings (SSSR count). The van der Waals surface area contributed by atoms with E-state index in [-0.39, 0.29) is 5.69 Å². The van der Waals surface area contributed by atoms with Crippen LogP contribution in [0.4, 0.5) is 16.5 Å². The molecule has 0 saturated carbocycles. The fraction of sp³-hybridized carbons (Fsp3) is 0.0476. The molecule has 0 aliphatic carbocycles. The molecule has 0 fully saturated rings. The lowest BCUT2D eigenvalue weighted by Gasteiger charge is -2.05. The minimum Gasteiger partial charge on any atom is -0.330 e. The number of nitrogens with one attached hydrogen (secondary N) is 1. The van der Waals surface area contributed by atoms with Crippen molar-refractivity contribution in [2.24, 2.45) is 0 Å². The van der Waals surface area contributed by atoms with Crippen LogP contribution >= 0.6 is 11.3 Å². The molecule has 6 nitrogen and oxygen atoms in total. The predicted octanol–water partition coefficient (Wildman–Crippen LogP) is 5.83. The van der Waals surface area contributed by atoms with E-state index in [9.17, 15) is 10.1 Å². The van der Waals surface area contributed by atoms with Gasteiger partial charge in [-0.25, -0.2) is 0 Å². The summed E-state index contributed by atoms with van der Waals surface area (Å²) in [5.74, 6) is 0. The summed E-state index contributed by atoms with van der Waals surface area (Å²) >= 11 is 1.35. The Kier molecular flexibility index (Phi) is 4.82. The van der Waals surface area contributed by atoms with Gasteiger partial charge in [0.25, 0.3) is 5.69 Å². The van der Waals surface area contributed by atoms with Gasteiger partial charge in [-0.05, 0) is 30.2 Å². The van der Waals surface area contributed by atoms with Crippen LogP contribution in [0, 0.1) is 17.0 Å². The Bertz CT molecular complexity index is 1140. The first-order chi connectivity index (χ1) is 13.6. The molecule has 7 heteroatoms. The van der Waals surface area contributed by atoms with E-state index in [1.807, 2.05) is 18.2 Å². The number of benzene rings is 3. The molecule has 3 aromatic carbocycles. The molecule has 0 radical (unpaired) electrons. The van der Waals surface area contributed by atoms with Crippen LogP contribution < -0.4 is 5.32 Å². The first kappa shape index (κ1) is 17.8. The van der Waals surface area contributed by atoms with Gasteiger partial charge < -0.3 is 5.32 Å². The zero-order chi connectivity index (χ0) is 19.5. The van der Waals surface area contributed by atoms with E-state index in [0.29, 0.717) is 15.7 Å². The van der Waals surface area contributed by atoms with E-state index in [1.54, 1.807) is 12.1 Å². The first-order valence-electron chi connectivity index (χ1n) is 8.61.